The largest absolute Gasteiger partial charge is 0.456 e. The fourth-order valence-electron chi connectivity index (χ4n) is 2.49. The van der Waals surface area contributed by atoms with Crippen LogP contribution in [0.4, 0.5) is 0 Å². The second-order valence-corrected chi connectivity index (χ2v) is 5.45. The zero-order valence-electron chi connectivity index (χ0n) is 12.5. The van der Waals surface area contributed by atoms with E-state index in [1.54, 1.807) is 12.1 Å². The lowest BCUT2D eigenvalue weighted by Crippen LogP contribution is -2.25. The van der Waals surface area contributed by atoms with E-state index >= 15 is 0 Å². The highest BCUT2D eigenvalue weighted by Crippen LogP contribution is 2.19. The summed E-state index contributed by atoms with van der Waals surface area (Å²) in [6.07, 6.45) is 0.384. The van der Waals surface area contributed by atoms with Crippen LogP contribution in [0.25, 0.3) is 21.9 Å². The van der Waals surface area contributed by atoms with Crippen molar-refractivity contribution >= 4 is 21.9 Å². The van der Waals surface area contributed by atoms with Gasteiger partial charge < -0.3 is 14.8 Å². The third-order valence-electron chi connectivity index (χ3n) is 3.82. The summed E-state index contributed by atoms with van der Waals surface area (Å²) in [4.78, 5) is 12.5. The van der Waals surface area contributed by atoms with Gasteiger partial charge in [0, 0.05) is 13.1 Å². The number of para-hydroxylation sites is 1. The Labute approximate surface area is 128 Å². The summed E-state index contributed by atoms with van der Waals surface area (Å²) >= 11 is 0. The quantitative estimate of drug-likeness (QED) is 0.711. The molecule has 1 atom stereocenters. The summed E-state index contributed by atoms with van der Waals surface area (Å²) in [6.45, 7) is 3.10. The molecule has 0 bridgehead atoms. The van der Waals surface area contributed by atoms with Crippen LogP contribution in [0, 0.1) is 0 Å². The van der Waals surface area contributed by atoms with Crippen LogP contribution in [0.2, 0.25) is 0 Å². The van der Waals surface area contributed by atoms with Crippen LogP contribution in [0.3, 0.4) is 0 Å². The number of hydrogen-bond donors (Lipinski definition) is 2. The van der Waals surface area contributed by atoms with Gasteiger partial charge in [0.1, 0.15) is 11.2 Å². The molecule has 4 heteroatoms. The fourth-order valence-corrected chi connectivity index (χ4v) is 2.49. The van der Waals surface area contributed by atoms with E-state index in [9.17, 15) is 9.90 Å². The Morgan fingerprint density at radius 1 is 1.14 bits per heavy atom. The van der Waals surface area contributed by atoms with E-state index in [0.29, 0.717) is 35.0 Å². The predicted molar refractivity (Wildman–Crippen MR) is 88.0 cm³/mol. The lowest BCUT2D eigenvalue weighted by molar-refractivity contribution is 0.167. The number of nitrogens with one attached hydrogen (secondary N) is 1. The van der Waals surface area contributed by atoms with Crippen LogP contribution in [0.1, 0.15) is 18.9 Å². The molecule has 0 spiro atoms. The number of benzene rings is 2. The van der Waals surface area contributed by atoms with Gasteiger partial charge in [-0.1, -0.05) is 25.1 Å². The number of hydrogen-bond acceptors (Lipinski definition) is 4. The van der Waals surface area contributed by atoms with Crippen molar-refractivity contribution in [3.63, 3.8) is 0 Å². The first-order valence-electron chi connectivity index (χ1n) is 7.52. The SMILES string of the molecule is CCC(O)CNCc1ccc2oc3ccccc3c(=O)c2c1. The molecule has 2 N–H and O–H groups in total. The highest BCUT2D eigenvalue weighted by Gasteiger charge is 2.08. The van der Waals surface area contributed by atoms with Gasteiger partial charge in [0.25, 0.3) is 0 Å². The maximum absolute atomic E-state index is 12.5. The van der Waals surface area contributed by atoms with E-state index in [-0.39, 0.29) is 11.5 Å². The summed E-state index contributed by atoms with van der Waals surface area (Å²) in [5, 5.41) is 13.9. The minimum absolute atomic E-state index is 0.00714. The molecule has 1 heterocycles. The summed E-state index contributed by atoms with van der Waals surface area (Å²) in [5.74, 6) is 0. The van der Waals surface area contributed by atoms with E-state index in [0.717, 1.165) is 12.0 Å². The van der Waals surface area contributed by atoms with Crippen molar-refractivity contribution in [3.8, 4) is 0 Å². The van der Waals surface area contributed by atoms with Crippen molar-refractivity contribution in [3.05, 3.63) is 58.3 Å². The minimum Gasteiger partial charge on any atom is -0.456 e. The Hall–Kier alpha value is -2.17. The molecular weight excluding hydrogens is 278 g/mol. The molecule has 0 saturated carbocycles. The van der Waals surface area contributed by atoms with E-state index in [1.807, 2.05) is 37.3 Å². The highest BCUT2D eigenvalue weighted by atomic mass is 16.3. The summed E-state index contributed by atoms with van der Waals surface area (Å²) in [6, 6.07) is 12.9. The molecule has 3 aromatic rings. The Kier molecular flexibility index (Phi) is 4.22. The maximum atomic E-state index is 12.5. The molecule has 3 rings (SSSR count). The van der Waals surface area contributed by atoms with Crippen LogP contribution >= 0.6 is 0 Å². The Morgan fingerprint density at radius 3 is 2.73 bits per heavy atom. The average Bonchev–Trinajstić information content (AvgIpc) is 2.55. The third kappa shape index (κ3) is 2.89. The van der Waals surface area contributed by atoms with E-state index in [1.165, 1.54) is 0 Å². The molecule has 4 nitrogen and oxygen atoms in total. The second-order valence-electron chi connectivity index (χ2n) is 5.45. The first-order chi connectivity index (χ1) is 10.7. The van der Waals surface area contributed by atoms with Crippen molar-refractivity contribution in [2.75, 3.05) is 6.54 Å². The van der Waals surface area contributed by atoms with Crippen molar-refractivity contribution in [1.82, 2.24) is 5.32 Å². The van der Waals surface area contributed by atoms with Gasteiger partial charge in [-0.05, 0) is 36.2 Å². The van der Waals surface area contributed by atoms with E-state index in [4.69, 9.17) is 4.42 Å². The normalized spacial score (nSPS) is 12.8. The van der Waals surface area contributed by atoms with Crippen molar-refractivity contribution in [2.45, 2.75) is 26.0 Å². The molecule has 1 unspecified atom stereocenters. The smallest absolute Gasteiger partial charge is 0.200 e. The lowest BCUT2D eigenvalue weighted by Gasteiger charge is -2.10. The van der Waals surface area contributed by atoms with Gasteiger partial charge in [0.15, 0.2) is 0 Å². The second kappa shape index (κ2) is 6.30. The first kappa shape index (κ1) is 14.8. The summed E-state index contributed by atoms with van der Waals surface area (Å²) in [5.41, 5.74) is 2.20. The number of aliphatic hydroxyl groups excluding tert-OH is 1. The average molecular weight is 297 g/mol. The fraction of sp³-hybridized carbons (Fsp3) is 0.278. The maximum Gasteiger partial charge on any atom is 0.200 e. The van der Waals surface area contributed by atoms with Crippen LogP contribution in [-0.4, -0.2) is 17.8 Å². The standard InChI is InChI=1S/C18H19NO3/c1-2-13(20)11-19-10-12-7-8-17-15(9-12)18(21)14-5-3-4-6-16(14)22-17/h3-9,13,19-20H,2,10-11H2,1H3. The van der Waals surface area contributed by atoms with Crippen LogP contribution in [0.5, 0.6) is 0 Å². The van der Waals surface area contributed by atoms with Crippen LogP contribution in [-0.2, 0) is 6.54 Å². The lowest BCUT2D eigenvalue weighted by atomic mass is 10.1. The number of aliphatic hydroxyl groups is 1. The molecule has 0 aliphatic carbocycles. The van der Waals surface area contributed by atoms with Gasteiger partial charge in [-0.25, -0.2) is 0 Å². The van der Waals surface area contributed by atoms with Gasteiger partial charge >= 0.3 is 0 Å². The zero-order chi connectivity index (χ0) is 15.5. The molecular formula is C18H19NO3. The van der Waals surface area contributed by atoms with Crippen LogP contribution < -0.4 is 10.7 Å². The van der Waals surface area contributed by atoms with Crippen molar-refractivity contribution < 1.29 is 9.52 Å². The van der Waals surface area contributed by atoms with Gasteiger partial charge in [0.2, 0.25) is 5.43 Å². The molecule has 114 valence electrons. The molecule has 0 saturated heterocycles. The van der Waals surface area contributed by atoms with Gasteiger partial charge in [-0.2, -0.15) is 0 Å². The third-order valence-corrected chi connectivity index (χ3v) is 3.82. The first-order valence-corrected chi connectivity index (χ1v) is 7.52. The Morgan fingerprint density at radius 2 is 1.91 bits per heavy atom. The van der Waals surface area contributed by atoms with Gasteiger partial charge in [-0.3, -0.25) is 4.79 Å². The number of fused-ring (bicyclic) bond motifs is 2. The Bertz CT molecular complexity index is 854. The summed E-state index contributed by atoms with van der Waals surface area (Å²) in [7, 11) is 0. The van der Waals surface area contributed by atoms with Crippen LogP contribution in [0.15, 0.2) is 51.7 Å². The molecule has 2 aromatic carbocycles. The van der Waals surface area contributed by atoms with Gasteiger partial charge in [0.05, 0.1) is 16.9 Å². The molecule has 0 amide bonds. The monoisotopic (exact) mass is 297 g/mol. The molecule has 0 aliphatic rings. The molecule has 0 radical (unpaired) electrons. The van der Waals surface area contributed by atoms with E-state index < -0.39 is 0 Å². The topological polar surface area (TPSA) is 62.5 Å². The highest BCUT2D eigenvalue weighted by molar-refractivity contribution is 5.89. The predicted octanol–water partition coefficient (Wildman–Crippen LogP) is 2.81. The van der Waals surface area contributed by atoms with E-state index in [2.05, 4.69) is 5.32 Å². The summed E-state index contributed by atoms with van der Waals surface area (Å²) < 4.78 is 5.78. The van der Waals surface area contributed by atoms with Crippen molar-refractivity contribution in [2.24, 2.45) is 0 Å². The molecule has 0 aliphatic heterocycles. The Balaban J connectivity index is 1.94. The molecule has 1 aromatic heterocycles. The van der Waals surface area contributed by atoms with Gasteiger partial charge in [-0.15, -0.1) is 0 Å². The minimum atomic E-state index is -0.338. The number of rotatable bonds is 5. The van der Waals surface area contributed by atoms with Crippen molar-refractivity contribution in [1.29, 1.82) is 0 Å². The molecule has 22 heavy (non-hydrogen) atoms. The zero-order valence-corrected chi connectivity index (χ0v) is 12.5. The molecule has 0 fully saturated rings.